The second kappa shape index (κ2) is 8.16. The van der Waals surface area contributed by atoms with Crippen LogP contribution in [0.15, 0.2) is 36.7 Å². The highest BCUT2D eigenvalue weighted by Crippen LogP contribution is 2.11. The molecule has 0 unspecified atom stereocenters. The molecule has 2 aromatic rings. The molecule has 24 heavy (non-hydrogen) atoms. The van der Waals surface area contributed by atoms with E-state index in [-0.39, 0.29) is 11.7 Å². The van der Waals surface area contributed by atoms with Crippen molar-refractivity contribution in [3.8, 4) is 0 Å². The molecule has 7 heteroatoms. The van der Waals surface area contributed by atoms with Crippen LogP contribution in [0, 0.1) is 0 Å². The lowest BCUT2D eigenvalue weighted by Gasteiger charge is -2.10. The van der Waals surface area contributed by atoms with E-state index in [1.165, 1.54) is 19.3 Å². The molecular formula is C17H21N5O2. The second-order valence-electron chi connectivity index (χ2n) is 5.61. The van der Waals surface area contributed by atoms with Crippen molar-refractivity contribution >= 4 is 23.3 Å². The summed E-state index contributed by atoms with van der Waals surface area (Å²) in [7, 11) is 3.97. The molecule has 0 atom stereocenters. The van der Waals surface area contributed by atoms with Gasteiger partial charge in [-0.15, -0.1) is 0 Å². The van der Waals surface area contributed by atoms with Crippen LogP contribution in [0.5, 0.6) is 0 Å². The number of carbonyl (C=O) groups excluding carboxylic acids is 2. The molecular weight excluding hydrogens is 306 g/mol. The zero-order chi connectivity index (χ0) is 17.5. The Morgan fingerprint density at radius 3 is 2.21 bits per heavy atom. The summed E-state index contributed by atoms with van der Waals surface area (Å²) < 4.78 is 0. The normalized spacial score (nSPS) is 10.5. The molecule has 1 heterocycles. The van der Waals surface area contributed by atoms with Gasteiger partial charge in [-0.05, 0) is 45.3 Å². The first-order valence-corrected chi connectivity index (χ1v) is 7.58. The van der Waals surface area contributed by atoms with Crippen molar-refractivity contribution in [1.29, 1.82) is 0 Å². The lowest BCUT2D eigenvalue weighted by atomic mass is 10.1. The van der Waals surface area contributed by atoms with Crippen LogP contribution >= 0.6 is 0 Å². The van der Waals surface area contributed by atoms with Gasteiger partial charge in [0.05, 0.1) is 5.56 Å². The van der Waals surface area contributed by atoms with E-state index in [4.69, 9.17) is 0 Å². The number of rotatable bonds is 7. The summed E-state index contributed by atoms with van der Waals surface area (Å²) in [6.45, 7) is 3.09. The van der Waals surface area contributed by atoms with Gasteiger partial charge in [0, 0.05) is 36.7 Å². The molecule has 0 aliphatic rings. The predicted molar refractivity (Wildman–Crippen MR) is 93.5 cm³/mol. The third kappa shape index (κ3) is 5.13. The summed E-state index contributed by atoms with van der Waals surface area (Å²) in [6, 6.07) is 6.72. The maximum atomic E-state index is 12.2. The van der Waals surface area contributed by atoms with Crippen molar-refractivity contribution in [1.82, 2.24) is 14.9 Å². The van der Waals surface area contributed by atoms with Crippen molar-refractivity contribution in [3.05, 3.63) is 47.8 Å². The van der Waals surface area contributed by atoms with Gasteiger partial charge in [-0.2, -0.15) is 0 Å². The van der Waals surface area contributed by atoms with E-state index in [0.717, 1.165) is 13.1 Å². The summed E-state index contributed by atoms with van der Waals surface area (Å²) in [4.78, 5) is 33.7. The van der Waals surface area contributed by atoms with Crippen LogP contribution in [0.4, 0.5) is 11.6 Å². The summed E-state index contributed by atoms with van der Waals surface area (Å²) in [6.07, 6.45) is 2.95. The third-order valence-electron chi connectivity index (χ3n) is 3.31. The Labute approximate surface area is 141 Å². The quantitative estimate of drug-likeness (QED) is 0.755. The van der Waals surface area contributed by atoms with Gasteiger partial charge in [0.1, 0.15) is 0 Å². The molecule has 0 saturated heterocycles. The Morgan fingerprint density at radius 1 is 1.04 bits per heavy atom. The number of anilines is 2. The Morgan fingerprint density at radius 2 is 1.67 bits per heavy atom. The number of aromatic nitrogens is 2. The number of Topliss-reactive ketones (excluding diaryl/α,β-unsaturated/α-hetero) is 1. The van der Waals surface area contributed by atoms with Crippen LogP contribution in [0.1, 0.15) is 27.6 Å². The Bertz CT molecular complexity index is 696. The van der Waals surface area contributed by atoms with Gasteiger partial charge in [-0.3, -0.25) is 9.59 Å². The van der Waals surface area contributed by atoms with E-state index in [9.17, 15) is 9.59 Å². The number of hydrogen-bond acceptors (Lipinski definition) is 6. The number of ketones is 1. The van der Waals surface area contributed by atoms with Crippen molar-refractivity contribution in [2.75, 3.05) is 37.8 Å². The fourth-order valence-corrected chi connectivity index (χ4v) is 1.92. The maximum Gasteiger partial charge on any atom is 0.258 e. The van der Waals surface area contributed by atoms with E-state index >= 15 is 0 Å². The third-order valence-corrected chi connectivity index (χ3v) is 3.31. The first kappa shape index (κ1) is 17.6. The first-order chi connectivity index (χ1) is 11.5. The molecule has 2 rings (SSSR count). The highest BCUT2D eigenvalue weighted by Gasteiger charge is 2.08. The van der Waals surface area contributed by atoms with Gasteiger partial charge in [-0.25, -0.2) is 9.97 Å². The number of benzene rings is 1. The molecule has 0 spiro atoms. The number of nitrogens with one attached hydrogen (secondary N) is 2. The highest BCUT2D eigenvalue weighted by atomic mass is 16.1. The molecule has 0 saturated carbocycles. The lowest BCUT2D eigenvalue weighted by molar-refractivity contribution is 0.101. The van der Waals surface area contributed by atoms with Crippen LogP contribution in [0.2, 0.25) is 0 Å². The van der Waals surface area contributed by atoms with Gasteiger partial charge in [-0.1, -0.05) is 0 Å². The van der Waals surface area contributed by atoms with E-state index in [0.29, 0.717) is 22.8 Å². The second-order valence-corrected chi connectivity index (χ2v) is 5.61. The number of amides is 1. The molecule has 2 N–H and O–H groups in total. The van der Waals surface area contributed by atoms with Crippen molar-refractivity contribution in [3.63, 3.8) is 0 Å². The van der Waals surface area contributed by atoms with Gasteiger partial charge in [0.15, 0.2) is 5.78 Å². The molecule has 1 aromatic heterocycles. The van der Waals surface area contributed by atoms with Crippen molar-refractivity contribution in [2.24, 2.45) is 0 Å². The minimum Gasteiger partial charge on any atom is -0.353 e. The van der Waals surface area contributed by atoms with Gasteiger partial charge >= 0.3 is 0 Å². The summed E-state index contributed by atoms with van der Waals surface area (Å²) in [5.41, 5.74) is 1.58. The monoisotopic (exact) mass is 327 g/mol. The lowest BCUT2D eigenvalue weighted by Crippen LogP contribution is -2.21. The van der Waals surface area contributed by atoms with Crippen molar-refractivity contribution in [2.45, 2.75) is 6.92 Å². The van der Waals surface area contributed by atoms with Crippen molar-refractivity contribution < 1.29 is 9.59 Å². The zero-order valence-corrected chi connectivity index (χ0v) is 14.0. The number of carbonyl (C=O) groups is 2. The minimum atomic E-state index is -0.301. The summed E-state index contributed by atoms with van der Waals surface area (Å²) in [5, 5.41) is 5.83. The summed E-state index contributed by atoms with van der Waals surface area (Å²) in [5.74, 6) is 0.170. The zero-order valence-electron chi connectivity index (χ0n) is 14.0. The molecule has 0 fully saturated rings. The van der Waals surface area contributed by atoms with Gasteiger partial charge in [0.25, 0.3) is 5.91 Å². The highest BCUT2D eigenvalue weighted by molar-refractivity contribution is 6.04. The fraction of sp³-hybridized carbons (Fsp3) is 0.294. The van der Waals surface area contributed by atoms with Crippen LogP contribution < -0.4 is 10.6 Å². The topological polar surface area (TPSA) is 87.2 Å². The molecule has 0 aliphatic carbocycles. The van der Waals surface area contributed by atoms with E-state index in [1.807, 2.05) is 19.0 Å². The van der Waals surface area contributed by atoms with E-state index in [1.54, 1.807) is 24.3 Å². The van der Waals surface area contributed by atoms with Crippen LogP contribution in [0.3, 0.4) is 0 Å². The Balaban J connectivity index is 1.93. The molecule has 7 nitrogen and oxygen atoms in total. The molecule has 0 radical (unpaired) electrons. The summed E-state index contributed by atoms with van der Waals surface area (Å²) >= 11 is 0. The number of hydrogen-bond donors (Lipinski definition) is 2. The Kier molecular flexibility index (Phi) is 5.97. The molecule has 0 aliphatic heterocycles. The largest absolute Gasteiger partial charge is 0.353 e. The van der Waals surface area contributed by atoms with E-state index in [2.05, 4.69) is 20.6 Å². The van der Waals surface area contributed by atoms with Crippen LogP contribution in [-0.2, 0) is 0 Å². The average molecular weight is 327 g/mol. The smallest absolute Gasteiger partial charge is 0.258 e. The SMILES string of the molecule is CC(=O)c1ccc(NC(=O)c2cnc(NCCN(C)C)nc2)cc1. The number of likely N-dealkylation sites (N-methyl/N-ethyl adjacent to an activating group) is 1. The van der Waals surface area contributed by atoms with Crippen LogP contribution in [-0.4, -0.2) is 53.7 Å². The molecule has 1 aromatic carbocycles. The predicted octanol–water partition coefficient (Wildman–Crippen LogP) is 1.90. The minimum absolute atomic E-state index is 0.0152. The maximum absolute atomic E-state index is 12.2. The number of nitrogens with zero attached hydrogens (tertiary/aromatic N) is 3. The fourth-order valence-electron chi connectivity index (χ4n) is 1.92. The van der Waals surface area contributed by atoms with Crippen LogP contribution in [0.25, 0.3) is 0 Å². The first-order valence-electron chi connectivity index (χ1n) is 7.58. The molecule has 1 amide bonds. The molecule has 0 bridgehead atoms. The van der Waals surface area contributed by atoms with E-state index < -0.39 is 0 Å². The average Bonchev–Trinajstić information content (AvgIpc) is 2.55. The standard InChI is InChI=1S/C17H21N5O2/c1-12(23)13-4-6-15(7-5-13)21-16(24)14-10-19-17(20-11-14)18-8-9-22(2)3/h4-7,10-11H,8-9H2,1-3H3,(H,21,24)(H,18,19,20). The van der Waals surface area contributed by atoms with Gasteiger partial charge in [0.2, 0.25) is 5.95 Å². The Hall–Kier alpha value is -2.80. The van der Waals surface area contributed by atoms with Gasteiger partial charge < -0.3 is 15.5 Å². The molecule has 126 valence electrons.